The fourth-order valence-electron chi connectivity index (χ4n) is 1.38. The number of hydrogen-bond donors (Lipinski definition) is 1. The monoisotopic (exact) mass is 284 g/mol. The fraction of sp³-hybridized carbons (Fsp3) is 0.182. The first-order valence-corrected chi connectivity index (χ1v) is 5.58. The normalized spacial score (nSPS) is 10.6. The van der Waals surface area contributed by atoms with Gasteiger partial charge in [-0.1, -0.05) is 21.1 Å². The molecule has 2 rings (SSSR count). The number of nitrogens with zero attached hydrogens (tertiary/aromatic N) is 1. The Morgan fingerprint density at radius 2 is 2.19 bits per heavy atom. The molecular weight excluding hydrogens is 275 g/mol. The molecule has 5 heteroatoms. The molecule has 1 aromatic carbocycles. The average Bonchev–Trinajstić information content (AvgIpc) is 2.69. The predicted molar refractivity (Wildman–Crippen MR) is 61.1 cm³/mol. The van der Waals surface area contributed by atoms with Crippen LogP contribution in [-0.2, 0) is 13.1 Å². The van der Waals surface area contributed by atoms with Crippen LogP contribution < -0.4 is 5.32 Å². The first-order chi connectivity index (χ1) is 7.74. The van der Waals surface area contributed by atoms with E-state index in [0.29, 0.717) is 13.1 Å². The summed E-state index contributed by atoms with van der Waals surface area (Å²) in [6, 6.07) is 6.59. The second kappa shape index (κ2) is 5.23. The molecule has 0 fully saturated rings. The SMILES string of the molecule is Fc1cc(Br)cc(CNCc2ccon2)c1. The highest BCUT2D eigenvalue weighted by Crippen LogP contribution is 2.14. The molecule has 2 aromatic rings. The highest BCUT2D eigenvalue weighted by atomic mass is 79.9. The molecule has 0 aliphatic rings. The molecular formula is C11H10BrFN2O. The molecule has 0 unspecified atom stereocenters. The van der Waals surface area contributed by atoms with Crippen LogP contribution in [0.15, 0.2) is 39.5 Å². The Labute approximate surface area is 101 Å². The first-order valence-electron chi connectivity index (χ1n) is 4.79. The zero-order chi connectivity index (χ0) is 11.4. The van der Waals surface area contributed by atoms with Gasteiger partial charge < -0.3 is 9.84 Å². The molecule has 3 nitrogen and oxygen atoms in total. The third kappa shape index (κ3) is 3.15. The molecule has 0 radical (unpaired) electrons. The van der Waals surface area contributed by atoms with Crippen LogP contribution in [0.25, 0.3) is 0 Å². The van der Waals surface area contributed by atoms with E-state index in [1.165, 1.54) is 18.4 Å². The molecule has 1 aromatic heterocycles. The molecule has 0 spiro atoms. The zero-order valence-corrected chi connectivity index (χ0v) is 10.00. The maximum atomic E-state index is 13.0. The lowest BCUT2D eigenvalue weighted by Crippen LogP contribution is -2.12. The summed E-state index contributed by atoms with van der Waals surface area (Å²) >= 11 is 3.25. The Kier molecular flexibility index (Phi) is 3.69. The van der Waals surface area contributed by atoms with Gasteiger partial charge >= 0.3 is 0 Å². The van der Waals surface area contributed by atoms with E-state index in [2.05, 4.69) is 26.4 Å². The summed E-state index contributed by atoms with van der Waals surface area (Å²) in [5.74, 6) is -0.243. The largest absolute Gasteiger partial charge is 0.364 e. The molecule has 16 heavy (non-hydrogen) atoms. The lowest BCUT2D eigenvalue weighted by Gasteiger charge is -2.03. The zero-order valence-electron chi connectivity index (χ0n) is 8.41. The average molecular weight is 285 g/mol. The highest BCUT2D eigenvalue weighted by Gasteiger charge is 2.00. The molecule has 0 atom stereocenters. The Morgan fingerprint density at radius 1 is 1.31 bits per heavy atom. The van der Waals surface area contributed by atoms with Crippen LogP contribution in [0.1, 0.15) is 11.3 Å². The highest BCUT2D eigenvalue weighted by molar-refractivity contribution is 9.10. The number of nitrogens with one attached hydrogen (secondary N) is 1. The minimum absolute atomic E-state index is 0.243. The van der Waals surface area contributed by atoms with Crippen molar-refractivity contribution in [3.8, 4) is 0 Å². The second-order valence-electron chi connectivity index (χ2n) is 3.37. The van der Waals surface area contributed by atoms with Crippen molar-refractivity contribution in [2.24, 2.45) is 0 Å². The van der Waals surface area contributed by atoms with Crippen molar-refractivity contribution in [2.45, 2.75) is 13.1 Å². The van der Waals surface area contributed by atoms with Gasteiger partial charge in [-0.2, -0.15) is 0 Å². The van der Waals surface area contributed by atoms with Crippen LogP contribution in [0, 0.1) is 5.82 Å². The van der Waals surface area contributed by atoms with Gasteiger partial charge in [0.15, 0.2) is 0 Å². The van der Waals surface area contributed by atoms with E-state index in [4.69, 9.17) is 4.52 Å². The smallest absolute Gasteiger partial charge is 0.124 e. The molecule has 1 N–H and O–H groups in total. The van der Waals surface area contributed by atoms with E-state index >= 15 is 0 Å². The molecule has 0 aliphatic carbocycles. The maximum absolute atomic E-state index is 13.0. The molecule has 0 saturated carbocycles. The van der Waals surface area contributed by atoms with Crippen molar-refractivity contribution in [2.75, 3.05) is 0 Å². The van der Waals surface area contributed by atoms with Crippen molar-refractivity contribution in [1.82, 2.24) is 10.5 Å². The summed E-state index contributed by atoms with van der Waals surface area (Å²) in [5, 5.41) is 6.91. The number of aromatic nitrogens is 1. The molecule has 0 aliphatic heterocycles. The Morgan fingerprint density at radius 3 is 2.88 bits per heavy atom. The maximum Gasteiger partial charge on any atom is 0.124 e. The standard InChI is InChI=1S/C11H10BrFN2O/c12-9-3-8(4-10(13)5-9)6-14-7-11-1-2-16-15-11/h1-5,14H,6-7H2. The van der Waals surface area contributed by atoms with Crippen LogP contribution >= 0.6 is 15.9 Å². The van der Waals surface area contributed by atoms with Crippen molar-refractivity contribution in [3.63, 3.8) is 0 Å². The van der Waals surface area contributed by atoms with Crippen molar-refractivity contribution in [1.29, 1.82) is 0 Å². The van der Waals surface area contributed by atoms with Gasteiger partial charge in [0.1, 0.15) is 12.1 Å². The van der Waals surface area contributed by atoms with Crippen molar-refractivity contribution < 1.29 is 8.91 Å². The summed E-state index contributed by atoms with van der Waals surface area (Å²) < 4.78 is 18.5. The van der Waals surface area contributed by atoms with Crippen molar-refractivity contribution >= 4 is 15.9 Å². The van der Waals surface area contributed by atoms with Gasteiger partial charge in [-0.3, -0.25) is 0 Å². The minimum Gasteiger partial charge on any atom is -0.364 e. The number of hydrogen-bond acceptors (Lipinski definition) is 3. The van der Waals surface area contributed by atoms with Gasteiger partial charge in [0, 0.05) is 23.6 Å². The first kappa shape index (κ1) is 11.3. The van der Waals surface area contributed by atoms with Crippen LogP contribution in [0.5, 0.6) is 0 Å². The summed E-state index contributed by atoms with van der Waals surface area (Å²) in [6.07, 6.45) is 1.52. The lowest BCUT2D eigenvalue weighted by atomic mass is 10.2. The van der Waals surface area contributed by atoms with Gasteiger partial charge in [-0.25, -0.2) is 4.39 Å². The fourth-order valence-corrected chi connectivity index (χ4v) is 1.89. The number of rotatable bonds is 4. The summed E-state index contributed by atoms with van der Waals surface area (Å²) in [7, 11) is 0. The summed E-state index contributed by atoms with van der Waals surface area (Å²) in [5.41, 5.74) is 1.71. The Hall–Kier alpha value is -1.20. The van der Waals surface area contributed by atoms with E-state index in [1.807, 2.05) is 6.07 Å². The van der Waals surface area contributed by atoms with E-state index < -0.39 is 0 Å². The van der Waals surface area contributed by atoms with Gasteiger partial charge in [-0.15, -0.1) is 0 Å². The van der Waals surface area contributed by atoms with E-state index in [9.17, 15) is 4.39 Å². The molecule has 84 valence electrons. The second-order valence-corrected chi connectivity index (χ2v) is 4.29. The lowest BCUT2D eigenvalue weighted by molar-refractivity contribution is 0.408. The van der Waals surface area contributed by atoms with Crippen LogP contribution in [0.3, 0.4) is 0 Å². The molecule has 0 amide bonds. The Balaban J connectivity index is 1.89. The predicted octanol–water partition coefficient (Wildman–Crippen LogP) is 2.87. The van der Waals surface area contributed by atoms with Crippen LogP contribution in [0.4, 0.5) is 4.39 Å². The van der Waals surface area contributed by atoms with E-state index in [1.54, 1.807) is 6.07 Å². The molecule has 1 heterocycles. The summed E-state index contributed by atoms with van der Waals surface area (Å²) in [6.45, 7) is 1.19. The third-order valence-corrected chi connectivity index (χ3v) is 2.51. The van der Waals surface area contributed by atoms with E-state index in [-0.39, 0.29) is 5.82 Å². The van der Waals surface area contributed by atoms with Crippen LogP contribution in [0.2, 0.25) is 0 Å². The molecule has 0 saturated heterocycles. The van der Waals surface area contributed by atoms with Gasteiger partial charge in [0.2, 0.25) is 0 Å². The van der Waals surface area contributed by atoms with Gasteiger partial charge in [0.25, 0.3) is 0 Å². The van der Waals surface area contributed by atoms with E-state index in [0.717, 1.165) is 15.7 Å². The Bertz CT molecular complexity index is 439. The quantitative estimate of drug-likeness (QED) is 0.938. The van der Waals surface area contributed by atoms with Gasteiger partial charge in [0.05, 0.1) is 5.69 Å². The topological polar surface area (TPSA) is 38.1 Å². The summed E-state index contributed by atoms with van der Waals surface area (Å²) in [4.78, 5) is 0. The number of benzene rings is 1. The van der Waals surface area contributed by atoms with Crippen LogP contribution in [-0.4, -0.2) is 5.16 Å². The molecule has 0 bridgehead atoms. The third-order valence-electron chi connectivity index (χ3n) is 2.05. The van der Waals surface area contributed by atoms with Gasteiger partial charge in [-0.05, 0) is 23.8 Å². The van der Waals surface area contributed by atoms with Crippen molar-refractivity contribution in [3.05, 3.63) is 52.1 Å². The number of halogens is 2. The minimum atomic E-state index is -0.243.